The fourth-order valence-corrected chi connectivity index (χ4v) is 3.22. The van der Waals surface area contributed by atoms with Crippen molar-refractivity contribution in [2.24, 2.45) is 0 Å². The molecule has 0 heterocycles. The van der Waals surface area contributed by atoms with Crippen molar-refractivity contribution in [2.75, 3.05) is 7.11 Å². The Hall–Kier alpha value is -3.67. The van der Waals surface area contributed by atoms with Gasteiger partial charge in [-0.1, -0.05) is 54.6 Å². The van der Waals surface area contributed by atoms with Crippen LogP contribution in [0.4, 0.5) is 4.39 Å². The maximum Gasteiger partial charge on any atom is 0.326 e. The van der Waals surface area contributed by atoms with Gasteiger partial charge in [0, 0.05) is 12.0 Å². The first kappa shape index (κ1) is 21.0. The van der Waals surface area contributed by atoms with Crippen LogP contribution in [0.3, 0.4) is 0 Å². The monoisotopic (exact) mass is 407 g/mol. The van der Waals surface area contributed by atoms with E-state index in [0.29, 0.717) is 5.56 Å². The maximum absolute atomic E-state index is 13.3. The molecule has 0 spiro atoms. The van der Waals surface area contributed by atoms with E-state index in [1.54, 1.807) is 13.2 Å². The number of ether oxygens (including phenoxy) is 1. The van der Waals surface area contributed by atoms with Crippen LogP contribution >= 0.6 is 0 Å². The van der Waals surface area contributed by atoms with Gasteiger partial charge in [-0.25, -0.2) is 9.18 Å². The van der Waals surface area contributed by atoms with Gasteiger partial charge in [-0.05, 0) is 34.9 Å². The van der Waals surface area contributed by atoms with Gasteiger partial charge in [0.05, 0.1) is 13.5 Å². The number of methoxy groups -OCH3 is 1. The zero-order valence-electron chi connectivity index (χ0n) is 16.5. The normalized spacial score (nSPS) is 11.5. The minimum absolute atomic E-state index is 0.0890. The Kier molecular flexibility index (Phi) is 6.80. The van der Waals surface area contributed by atoms with E-state index in [1.165, 1.54) is 18.2 Å². The summed E-state index contributed by atoms with van der Waals surface area (Å²) in [7, 11) is 1.61. The number of carbonyl (C=O) groups excluding carboxylic acids is 1. The molecule has 0 fully saturated rings. The first-order valence-electron chi connectivity index (χ1n) is 9.45. The second kappa shape index (κ2) is 9.69. The largest absolute Gasteiger partial charge is 0.496 e. The van der Waals surface area contributed by atoms with Gasteiger partial charge in [-0.2, -0.15) is 0 Å². The molecule has 0 aliphatic carbocycles. The van der Waals surface area contributed by atoms with Gasteiger partial charge < -0.3 is 15.2 Å². The van der Waals surface area contributed by atoms with E-state index in [2.05, 4.69) is 5.32 Å². The fourth-order valence-electron chi connectivity index (χ4n) is 3.22. The van der Waals surface area contributed by atoms with Crippen LogP contribution in [0.5, 0.6) is 5.75 Å². The number of carboxylic acids is 1. The summed E-state index contributed by atoms with van der Waals surface area (Å²) in [6.45, 7) is 0. The van der Waals surface area contributed by atoms with Crippen molar-refractivity contribution in [3.63, 3.8) is 0 Å². The van der Waals surface area contributed by atoms with E-state index >= 15 is 0 Å². The van der Waals surface area contributed by atoms with E-state index in [4.69, 9.17) is 4.74 Å². The molecule has 0 aliphatic rings. The standard InChI is InChI=1S/C24H22FNO4/c1-30-22-8-3-2-7-20(22)18-11-9-16(10-12-18)14-21(24(28)29)26-23(27)15-17-5-4-6-19(25)13-17/h2-13,21H,14-15H2,1H3,(H,26,27)(H,28,29)/t21-/m0/s1. The Balaban J connectivity index is 1.67. The molecular weight excluding hydrogens is 385 g/mol. The third-order valence-corrected chi connectivity index (χ3v) is 4.70. The third-order valence-electron chi connectivity index (χ3n) is 4.70. The number of carboxylic acid groups (broad SMARTS) is 1. The van der Waals surface area contributed by atoms with Crippen molar-refractivity contribution in [3.05, 3.63) is 89.7 Å². The predicted octanol–water partition coefficient (Wildman–Crippen LogP) is 3.86. The molecule has 0 saturated carbocycles. The van der Waals surface area contributed by atoms with Crippen molar-refractivity contribution >= 4 is 11.9 Å². The van der Waals surface area contributed by atoms with Gasteiger partial charge in [0.15, 0.2) is 0 Å². The van der Waals surface area contributed by atoms with Crippen molar-refractivity contribution in [2.45, 2.75) is 18.9 Å². The number of nitrogens with one attached hydrogen (secondary N) is 1. The number of halogens is 1. The van der Waals surface area contributed by atoms with Crippen LogP contribution < -0.4 is 10.1 Å². The van der Waals surface area contributed by atoms with Gasteiger partial charge in [0.1, 0.15) is 17.6 Å². The van der Waals surface area contributed by atoms with Crippen LogP contribution in [0.1, 0.15) is 11.1 Å². The summed E-state index contributed by atoms with van der Waals surface area (Å²) in [5, 5.41) is 12.0. The van der Waals surface area contributed by atoms with Crippen molar-refractivity contribution < 1.29 is 23.8 Å². The second-order valence-electron chi connectivity index (χ2n) is 6.87. The molecule has 5 nitrogen and oxygen atoms in total. The van der Waals surface area contributed by atoms with Crippen LogP contribution in [0.2, 0.25) is 0 Å². The average molecular weight is 407 g/mol. The summed E-state index contributed by atoms with van der Waals surface area (Å²) in [5.74, 6) is -1.29. The molecule has 0 saturated heterocycles. The molecular formula is C24H22FNO4. The number of aliphatic carboxylic acids is 1. The molecule has 0 aliphatic heterocycles. The smallest absolute Gasteiger partial charge is 0.326 e. The zero-order chi connectivity index (χ0) is 21.5. The number of rotatable bonds is 8. The number of hydrogen-bond donors (Lipinski definition) is 2. The molecule has 3 aromatic rings. The lowest BCUT2D eigenvalue weighted by molar-refractivity contribution is -0.141. The Bertz CT molecular complexity index is 1030. The first-order chi connectivity index (χ1) is 14.5. The van der Waals surface area contributed by atoms with E-state index in [1.807, 2.05) is 48.5 Å². The molecule has 1 atom stereocenters. The molecule has 3 rings (SSSR count). The molecule has 0 radical (unpaired) electrons. The van der Waals surface area contributed by atoms with Crippen molar-refractivity contribution in [1.82, 2.24) is 5.32 Å². The van der Waals surface area contributed by atoms with Gasteiger partial charge in [-0.15, -0.1) is 0 Å². The molecule has 6 heteroatoms. The van der Waals surface area contributed by atoms with Crippen LogP contribution in [-0.2, 0) is 22.4 Å². The molecule has 154 valence electrons. The van der Waals surface area contributed by atoms with Crippen LogP contribution in [0.25, 0.3) is 11.1 Å². The van der Waals surface area contributed by atoms with Crippen molar-refractivity contribution in [3.8, 4) is 16.9 Å². The summed E-state index contributed by atoms with van der Waals surface area (Å²) >= 11 is 0. The van der Waals surface area contributed by atoms with Gasteiger partial charge in [0.25, 0.3) is 0 Å². The highest BCUT2D eigenvalue weighted by Gasteiger charge is 2.20. The Morgan fingerprint density at radius 3 is 2.40 bits per heavy atom. The minimum Gasteiger partial charge on any atom is -0.496 e. The summed E-state index contributed by atoms with van der Waals surface area (Å²) in [4.78, 5) is 23.9. The van der Waals surface area contributed by atoms with E-state index in [9.17, 15) is 19.1 Å². The Labute approximate surface area is 174 Å². The third kappa shape index (κ3) is 5.44. The van der Waals surface area contributed by atoms with Crippen LogP contribution in [0, 0.1) is 5.82 Å². The number of benzene rings is 3. The SMILES string of the molecule is COc1ccccc1-c1ccc(C[C@H](NC(=O)Cc2cccc(F)c2)C(=O)O)cc1. The lowest BCUT2D eigenvalue weighted by atomic mass is 10.00. The molecule has 0 unspecified atom stereocenters. The van der Waals surface area contributed by atoms with E-state index in [-0.39, 0.29) is 12.8 Å². The first-order valence-corrected chi connectivity index (χ1v) is 9.45. The lowest BCUT2D eigenvalue weighted by Gasteiger charge is -2.15. The number of carbonyl (C=O) groups is 2. The molecule has 0 aromatic heterocycles. The predicted molar refractivity (Wildman–Crippen MR) is 112 cm³/mol. The average Bonchev–Trinajstić information content (AvgIpc) is 2.73. The summed E-state index contributed by atoms with van der Waals surface area (Å²) in [6, 6.07) is 19.7. The molecule has 1 amide bonds. The van der Waals surface area contributed by atoms with E-state index < -0.39 is 23.7 Å². The van der Waals surface area contributed by atoms with Crippen molar-refractivity contribution in [1.29, 1.82) is 0 Å². The van der Waals surface area contributed by atoms with Crippen LogP contribution in [-0.4, -0.2) is 30.1 Å². The summed E-state index contributed by atoms with van der Waals surface area (Å²) < 4.78 is 18.6. The van der Waals surface area contributed by atoms with E-state index in [0.717, 1.165) is 22.4 Å². The number of amides is 1. The molecule has 30 heavy (non-hydrogen) atoms. The summed E-state index contributed by atoms with van der Waals surface area (Å²) in [6.07, 6.45) is 0.0463. The maximum atomic E-state index is 13.3. The Morgan fingerprint density at radius 1 is 1.00 bits per heavy atom. The zero-order valence-corrected chi connectivity index (χ0v) is 16.5. The minimum atomic E-state index is -1.13. The molecule has 2 N–H and O–H groups in total. The Morgan fingerprint density at radius 2 is 1.73 bits per heavy atom. The fraction of sp³-hybridized carbons (Fsp3) is 0.167. The molecule has 0 bridgehead atoms. The quantitative estimate of drug-likeness (QED) is 0.595. The van der Waals surface area contributed by atoms with Crippen LogP contribution in [0.15, 0.2) is 72.8 Å². The van der Waals surface area contributed by atoms with Gasteiger partial charge >= 0.3 is 5.97 Å². The highest BCUT2D eigenvalue weighted by molar-refractivity contribution is 5.85. The lowest BCUT2D eigenvalue weighted by Crippen LogP contribution is -2.43. The summed E-state index contributed by atoms with van der Waals surface area (Å²) in [5.41, 5.74) is 3.13. The topological polar surface area (TPSA) is 75.6 Å². The van der Waals surface area contributed by atoms with Gasteiger partial charge in [0.2, 0.25) is 5.91 Å². The molecule has 3 aromatic carbocycles. The highest BCUT2D eigenvalue weighted by Crippen LogP contribution is 2.29. The number of para-hydroxylation sites is 1. The van der Waals surface area contributed by atoms with Gasteiger partial charge in [-0.3, -0.25) is 4.79 Å². The number of hydrogen-bond acceptors (Lipinski definition) is 3. The highest BCUT2D eigenvalue weighted by atomic mass is 19.1. The second-order valence-corrected chi connectivity index (χ2v) is 6.87.